The Morgan fingerprint density at radius 2 is 2.06 bits per heavy atom. The Morgan fingerprint density at radius 1 is 1.29 bits per heavy atom. The van der Waals surface area contributed by atoms with Crippen molar-refractivity contribution in [3.63, 3.8) is 0 Å². The highest BCUT2D eigenvalue weighted by Crippen LogP contribution is 2.26. The Labute approximate surface area is 103 Å². The van der Waals surface area contributed by atoms with Gasteiger partial charge in [0.25, 0.3) is 0 Å². The minimum Gasteiger partial charge on any atom is -0.368 e. The zero-order chi connectivity index (χ0) is 12.1. The first-order chi connectivity index (χ1) is 8.31. The lowest BCUT2D eigenvalue weighted by Gasteiger charge is -2.37. The van der Waals surface area contributed by atoms with Crippen LogP contribution in [0.3, 0.4) is 0 Å². The van der Waals surface area contributed by atoms with Crippen molar-refractivity contribution in [1.82, 2.24) is 5.32 Å². The highest BCUT2D eigenvalue weighted by atomic mass is 19.1. The number of piperidine rings is 1. The zero-order valence-corrected chi connectivity index (χ0v) is 10.5. The summed E-state index contributed by atoms with van der Waals surface area (Å²) in [6.07, 6.45) is 4.96. The van der Waals surface area contributed by atoms with E-state index in [4.69, 9.17) is 0 Å². The van der Waals surface area contributed by atoms with Crippen molar-refractivity contribution in [2.45, 2.75) is 31.7 Å². The molecule has 2 rings (SSSR count). The third-order valence-corrected chi connectivity index (χ3v) is 3.51. The fourth-order valence-electron chi connectivity index (χ4n) is 2.58. The molecule has 0 aromatic heterocycles. The molecule has 1 fully saturated rings. The van der Waals surface area contributed by atoms with Crippen molar-refractivity contribution >= 4 is 5.69 Å². The maximum atomic E-state index is 12.9. The van der Waals surface area contributed by atoms with Crippen LogP contribution in [0.2, 0.25) is 0 Å². The van der Waals surface area contributed by atoms with Crippen molar-refractivity contribution in [2.24, 2.45) is 0 Å². The molecule has 3 heteroatoms. The first-order valence-electron chi connectivity index (χ1n) is 6.48. The van der Waals surface area contributed by atoms with E-state index in [1.54, 1.807) is 12.1 Å². The van der Waals surface area contributed by atoms with E-state index < -0.39 is 0 Å². The molecule has 1 aromatic carbocycles. The van der Waals surface area contributed by atoms with Gasteiger partial charge >= 0.3 is 0 Å². The SMILES string of the molecule is CNCCC1CCCCN1c1ccc(F)cc1. The predicted octanol–water partition coefficient (Wildman–Crippen LogP) is 2.79. The summed E-state index contributed by atoms with van der Waals surface area (Å²) >= 11 is 0. The van der Waals surface area contributed by atoms with Gasteiger partial charge < -0.3 is 10.2 Å². The Kier molecular flexibility index (Phi) is 4.37. The quantitative estimate of drug-likeness (QED) is 0.864. The number of nitrogens with one attached hydrogen (secondary N) is 1. The van der Waals surface area contributed by atoms with Crippen LogP contribution in [0.5, 0.6) is 0 Å². The van der Waals surface area contributed by atoms with Gasteiger partial charge in [0.1, 0.15) is 5.82 Å². The highest BCUT2D eigenvalue weighted by molar-refractivity contribution is 5.47. The molecule has 0 bridgehead atoms. The summed E-state index contributed by atoms with van der Waals surface area (Å²) in [7, 11) is 1.99. The fourth-order valence-corrected chi connectivity index (χ4v) is 2.58. The van der Waals surface area contributed by atoms with Gasteiger partial charge in [-0.2, -0.15) is 0 Å². The first-order valence-corrected chi connectivity index (χ1v) is 6.48. The van der Waals surface area contributed by atoms with Crippen molar-refractivity contribution in [3.8, 4) is 0 Å². The van der Waals surface area contributed by atoms with Gasteiger partial charge in [-0.05, 0) is 63.5 Å². The lowest BCUT2D eigenvalue weighted by molar-refractivity contribution is 0.433. The van der Waals surface area contributed by atoms with Crippen LogP contribution >= 0.6 is 0 Å². The van der Waals surface area contributed by atoms with Crippen LogP contribution < -0.4 is 10.2 Å². The van der Waals surface area contributed by atoms with Crippen LogP contribution in [-0.2, 0) is 0 Å². The minimum atomic E-state index is -0.155. The average Bonchev–Trinajstić information content (AvgIpc) is 2.38. The molecule has 1 unspecified atom stereocenters. The van der Waals surface area contributed by atoms with Gasteiger partial charge in [0, 0.05) is 18.3 Å². The first kappa shape index (κ1) is 12.4. The van der Waals surface area contributed by atoms with Gasteiger partial charge in [0.05, 0.1) is 0 Å². The van der Waals surface area contributed by atoms with E-state index in [-0.39, 0.29) is 5.82 Å². The molecule has 1 aliphatic rings. The molecule has 1 saturated heterocycles. The molecule has 1 N–H and O–H groups in total. The summed E-state index contributed by atoms with van der Waals surface area (Å²) in [6.45, 7) is 2.14. The monoisotopic (exact) mass is 236 g/mol. The average molecular weight is 236 g/mol. The number of rotatable bonds is 4. The minimum absolute atomic E-state index is 0.155. The third kappa shape index (κ3) is 3.19. The maximum Gasteiger partial charge on any atom is 0.123 e. The molecular weight excluding hydrogens is 215 g/mol. The Balaban J connectivity index is 2.07. The number of hydrogen-bond acceptors (Lipinski definition) is 2. The van der Waals surface area contributed by atoms with E-state index in [1.165, 1.54) is 19.3 Å². The van der Waals surface area contributed by atoms with Gasteiger partial charge in [0.15, 0.2) is 0 Å². The molecule has 0 radical (unpaired) electrons. The predicted molar refractivity (Wildman–Crippen MR) is 69.9 cm³/mol. The zero-order valence-electron chi connectivity index (χ0n) is 10.5. The highest BCUT2D eigenvalue weighted by Gasteiger charge is 2.21. The Morgan fingerprint density at radius 3 is 2.76 bits per heavy atom. The molecule has 2 nitrogen and oxygen atoms in total. The Bertz CT molecular complexity index is 337. The molecule has 1 heterocycles. The summed E-state index contributed by atoms with van der Waals surface area (Å²) in [5, 5.41) is 3.21. The van der Waals surface area contributed by atoms with Crippen molar-refractivity contribution in [3.05, 3.63) is 30.1 Å². The Hall–Kier alpha value is -1.09. The topological polar surface area (TPSA) is 15.3 Å². The molecule has 1 aromatic rings. The standard InChI is InChI=1S/C14H21FN2/c1-16-10-9-13-4-2-3-11-17(13)14-7-5-12(15)6-8-14/h5-8,13,16H,2-4,9-11H2,1H3. The van der Waals surface area contributed by atoms with Gasteiger partial charge in [-0.15, -0.1) is 0 Å². The maximum absolute atomic E-state index is 12.9. The second-order valence-corrected chi connectivity index (χ2v) is 4.71. The van der Waals surface area contributed by atoms with Crippen LogP contribution in [0.25, 0.3) is 0 Å². The van der Waals surface area contributed by atoms with E-state index in [2.05, 4.69) is 10.2 Å². The number of nitrogens with zero attached hydrogens (tertiary/aromatic N) is 1. The lowest BCUT2D eigenvalue weighted by Crippen LogP contribution is -2.41. The third-order valence-electron chi connectivity index (χ3n) is 3.51. The van der Waals surface area contributed by atoms with Crippen LogP contribution in [0.4, 0.5) is 10.1 Å². The number of halogens is 1. The molecule has 1 atom stereocenters. The van der Waals surface area contributed by atoms with E-state index in [1.807, 2.05) is 19.2 Å². The van der Waals surface area contributed by atoms with E-state index >= 15 is 0 Å². The van der Waals surface area contributed by atoms with Crippen LogP contribution in [0.15, 0.2) is 24.3 Å². The van der Waals surface area contributed by atoms with Crippen molar-refractivity contribution in [2.75, 3.05) is 25.0 Å². The number of benzene rings is 1. The second-order valence-electron chi connectivity index (χ2n) is 4.71. The van der Waals surface area contributed by atoms with Crippen molar-refractivity contribution < 1.29 is 4.39 Å². The molecule has 0 spiro atoms. The number of hydrogen-bond donors (Lipinski definition) is 1. The summed E-state index contributed by atoms with van der Waals surface area (Å²) in [4.78, 5) is 2.43. The van der Waals surface area contributed by atoms with Crippen LogP contribution in [0, 0.1) is 5.82 Å². The summed E-state index contributed by atoms with van der Waals surface area (Å²) in [5.41, 5.74) is 1.16. The van der Waals surface area contributed by atoms with E-state index in [0.717, 1.165) is 25.2 Å². The molecule has 0 amide bonds. The summed E-state index contributed by atoms with van der Waals surface area (Å²) in [6, 6.07) is 7.50. The molecular formula is C14H21FN2. The molecule has 94 valence electrons. The lowest BCUT2D eigenvalue weighted by atomic mass is 9.98. The van der Waals surface area contributed by atoms with Gasteiger partial charge in [-0.1, -0.05) is 0 Å². The molecule has 0 aliphatic carbocycles. The van der Waals surface area contributed by atoms with E-state index in [9.17, 15) is 4.39 Å². The molecule has 1 aliphatic heterocycles. The second kappa shape index (κ2) is 6.01. The van der Waals surface area contributed by atoms with Crippen LogP contribution in [-0.4, -0.2) is 26.2 Å². The summed E-state index contributed by atoms with van der Waals surface area (Å²) in [5.74, 6) is -0.155. The normalized spacial score (nSPS) is 20.6. The van der Waals surface area contributed by atoms with Gasteiger partial charge in [-0.3, -0.25) is 0 Å². The van der Waals surface area contributed by atoms with Crippen molar-refractivity contribution in [1.29, 1.82) is 0 Å². The van der Waals surface area contributed by atoms with E-state index in [0.29, 0.717) is 6.04 Å². The van der Waals surface area contributed by atoms with Gasteiger partial charge in [0.2, 0.25) is 0 Å². The smallest absolute Gasteiger partial charge is 0.123 e. The fraction of sp³-hybridized carbons (Fsp3) is 0.571. The van der Waals surface area contributed by atoms with Crippen LogP contribution in [0.1, 0.15) is 25.7 Å². The van der Waals surface area contributed by atoms with Gasteiger partial charge in [-0.25, -0.2) is 4.39 Å². The number of anilines is 1. The molecule has 17 heavy (non-hydrogen) atoms. The molecule has 0 saturated carbocycles. The largest absolute Gasteiger partial charge is 0.368 e. The summed E-state index contributed by atoms with van der Waals surface area (Å²) < 4.78 is 12.9.